The predicted octanol–water partition coefficient (Wildman–Crippen LogP) is 2.14. The highest BCUT2D eigenvalue weighted by molar-refractivity contribution is 5.95. The van der Waals surface area contributed by atoms with Crippen LogP contribution in [0.25, 0.3) is 0 Å². The first-order valence-electron chi connectivity index (χ1n) is 7.91. The van der Waals surface area contributed by atoms with E-state index in [1.165, 1.54) is 6.07 Å². The molecule has 4 nitrogen and oxygen atoms in total. The van der Waals surface area contributed by atoms with Crippen LogP contribution in [0.15, 0.2) is 18.2 Å². The van der Waals surface area contributed by atoms with E-state index in [1.807, 2.05) is 0 Å². The Kier molecular flexibility index (Phi) is 4.45. The van der Waals surface area contributed by atoms with Crippen LogP contribution in [0.4, 0.5) is 4.39 Å². The number of carbonyl (C=O) groups excluding carboxylic acids is 1. The van der Waals surface area contributed by atoms with Gasteiger partial charge in [0.15, 0.2) is 0 Å². The molecule has 2 saturated heterocycles. The molecule has 3 rings (SSSR count). The van der Waals surface area contributed by atoms with Crippen molar-refractivity contribution in [3.8, 4) is 0 Å². The third-order valence-electron chi connectivity index (χ3n) is 4.77. The molecule has 0 aromatic heterocycles. The standard InChI is InChI=1S/C17H22FNO3/c1-11-4-5-12(14(18)9-11)17(21)19-7-2-3-15(19)13-10-22-8-6-16(13)20/h4-5,9,13,15-16,20H,2-3,6-8,10H2,1H3/t13-,15-,16+/m1/s1. The number of hydrogen-bond donors (Lipinski definition) is 1. The molecule has 2 aliphatic rings. The summed E-state index contributed by atoms with van der Waals surface area (Å²) in [6.45, 7) is 3.43. The van der Waals surface area contributed by atoms with Gasteiger partial charge in [0.25, 0.3) is 5.91 Å². The first-order valence-corrected chi connectivity index (χ1v) is 7.91. The van der Waals surface area contributed by atoms with Crippen molar-refractivity contribution < 1.29 is 19.0 Å². The minimum Gasteiger partial charge on any atom is -0.393 e. The second-order valence-electron chi connectivity index (χ2n) is 6.29. The molecule has 0 aliphatic carbocycles. The van der Waals surface area contributed by atoms with Crippen molar-refractivity contribution in [2.45, 2.75) is 38.3 Å². The number of aryl methyl sites for hydroxylation is 1. The number of rotatable bonds is 2. The van der Waals surface area contributed by atoms with Gasteiger partial charge >= 0.3 is 0 Å². The Hall–Kier alpha value is -1.46. The number of halogens is 1. The SMILES string of the molecule is Cc1ccc(C(=O)N2CCC[C@@H]2[C@H]2COCC[C@@H]2O)c(F)c1. The molecule has 1 N–H and O–H groups in total. The van der Waals surface area contributed by atoms with E-state index in [4.69, 9.17) is 4.74 Å². The Morgan fingerprint density at radius 1 is 1.41 bits per heavy atom. The van der Waals surface area contributed by atoms with Crippen molar-refractivity contribution in [1.82, 2.24) is 4.90 Å². The molecule has 1 amide bonds. The van der Waals surface area contributed by atoms with Gasteiger partial charge in [-0.3, -0.25) is 4.79 Å². The predicted molar refractivity (Wildman–Crippen MR) is 80.1 cm³/mol. The fraction of sp³-hybridized carbons (Fsp3) is 0.588. The first kappa shape index (κ1) is 15.4. The highest BCUT2D eigenvalue weighted by Gasteiger charge is 2.40. The average molecular weight is 307 g/mol. The average Bonchev–Trinajstić information content (AvgIpc) is 2.96. The van der Waals surface area contributed by atoms with Crippen LogP contribution in [0.5, 0.6) is 0 Å². The van der Waals surface area contributed by atoms with Gasteiger partial charge in [-0.2, -0.15) is 0 Å². The Morgan fingerprint density at radius 3 is 2.95 bits per heavy atom. The summed E-state index contributed by atoms with van der Waals surface area (Å²) < 4.78 is 19.5. The summed E-state index contributed by atoms with van der Waals surface area (Å²) in [6, 6.07) is 4.62. The van der Waals surface area contributed by atoms with Crippen LogP contribution in [0.1, 0.15) is 35.2 Å². The minimum absolute atomic E-state index is 0.0662. The van der Waals surface area contributed by atoms with Crippen LogP contribution in [0, 0.1) is 18.7 Å². The molecule has 0 radical (unpaired) electrons. The summed E-state index contributed by atoms with van der Waals surface area (Å²) in [7, 11) is 0. The fourth-order valence-corrected chi connectivity index (χ4v) is 3.55. The Balaban J connectivity index is 1.81. The Bertz CT molecular complexity index is 563. The van der Waals surface area contributed by atoms with E-state index in [9.17, 15) is 14.3 Å². The topological polar surface area (TPSA) is 49.8 Å². The maximum absolute atomic E-state index is 14.1. The molecule has 0 spiro atoms. The molecule has 2 fully saturated rings. The number of aliphatic hydroxyl groups is 1. The van der Waals surface area contributed by atoms with E-state index in [1.54, 1.807) is 24.0 Å². The van der Waals surface area contributed by atoms with Crippen LogP contribution < -0.4 is 0 Å². The van der Waals surface area contributed by atoms with Gasteiger partial charge in [0.1, 0.15) is 5.82 Å². The smallest absolute Gasteiger partial charge is 0.257 e. The fourth-order valence-electron chi connectivity index (χ4n) is 3.55. The molecular formula is C17H22FNO3. The molecule has 3 atom stereocenters. The van der Waals surface area contributed by atoms with Crippen LogP contribution in [0.2, 0.25) is 0 Å². The van der Waals surface area contributed by atoms with Crippen molar-refractivity contribution in [2.24, 2.45) is 5.92 Å². The molecule has 22 heavy (non-hydrogen) atoms. The van der Waals surface area contributed by atoms with E-state index >= 15 is 0 Å². The van der Waals surface area contributed by atoms with E-state index < -0.39 is 11.9 Å². The van der Waals surface area contributed by atoms with Crippen LogP contribution in [0.3, 0.4) is 0 Å². The second-order valence-corrected chi connectivity index (χ2v) is 6.29. The number of amides is 1. The third kappa shape index (κ3) is 2.88. The molecular weight excluding hydrogens is 285 g/mol. The van der Waals surface area contributed by atoms with Gasteiger partial charge in [0.2, 0.25) is 0 Å². The van der Waals surface area contributed by atoms with Crippen molar-refractivity contribution >= 4 is 5.91 Å². The van der Waals surface area contributed by atoms with Gasteiger partial charge < -0.3 is 14.7 Å². The van der Waals surface area contributed by atoms with Crippen LogP contribution in [-0.2, 0) is 4.74 Å². The van der Waals surface area contributed by atoms with Crippen molar-refractivity contribution in [3.63, 3.8) is 0 Å². The molecule has 2 heterocycles. The summed E-state index contributed by atoms with van der Waals surface area (Å²) in [6.07, 6.45) is 1.87. The Labute approximate surface area is 129 Å². The monoisotopic (exact) mass is 307 g/mol. The zero-order valence-electron chi connectivity index (χ0n) is 12.8. The molecule has 1 aromatic rings. The lowest BCUT2D eigenvalue weighted by Gasteiger charge is -2.37. The molecule has 0 unspecified atom stereocenters. The summed E-state index contributed by atoms with van der Waals surface area (Å²) in [5.74, 6) is -0.831. The molecule has 5 heteroatoms. The summed E-state index contributed by atoms with van der Waals surface area (Å²) in [5.41, 5.74) is 0.909. The number of aliphatic hydroxyl groups excluding tert-OH is 1. The summed E-state index contributed by atoms with van der Waals surface area (Å²) in [4.78, 5) is 14.4. The van der Waals surface area contributed by atoms with Gasteiger partial charge in [0.05, 0.1) is 18.3 Å². The number of benzene rings is 1. The zero-order valence-corrected chi connectivity index (χ0v) is 12.8. The van der Waals surface area contributed by atoms with E-state index in [2.05, 4.69) is 0 Å². The highest BCUT2D eigenvalue weighted by atomic mass is 19.1. The number of nitrogens with zero attached hydrogens (tertiary/aromatic N) is 1. The van der Waals surface area contributed by atoms with Crippen molar-refractivity contribution in [1.29, 1.82) is 0 Å². The summed E-state index contributed by atoms with van der Waals surface area (Å²) >= 11 is 0. The van der Waals surface area contributed by atoms with Crippen LogP contribution in [-0.4, -0.2) is 47.8 Å². The van der Waals surface area contributed by atoms with Gasteiger partial charge in [-0.1, -0.05) is 6.07 Å². The first-order chi connectivity index (χ1) is 10.6. The zero-order chi connectivity index (χ0) is 15.7. The number of carbonyl (C=O) groups is 1. The molecule has 1 aromatic carbocycles. The van der Waals surface area contributed by atoms with E-state index in [-0.39, 0.29) is 23.4 Å². The van der Waals surface area contributed by atoms with Crippen LogP contribution >= 0.6 is 0 Å². The van der Waals surface area contributed by atoms with Crippen molar-refractivity contribution in [2.75, 3.05) is 19.8 Å². The largest absolute Gasteiger partial charge is 0.393 e. The summed E-state index contributed by atoms with van der Waals surface area (Å²) in [5, 5.41) is 10.2. The quantitative estimate of drug-likeness (QED) is 0.910. The van der Waals surface area contributed by atoms with Gasteiger partial charge in [0, 0.05) is 25.1 Å². The molecule has 0 bridgehead atoms. The number of ether oxygens (including phenoxy) is 1. The van der Waals surface area contributed by atoms with Gasteiger partial charge in [-0.25, -0.2) is 4.39 Å². The second kappa shape index (κ2) is 6.34. The minimum atomic E-state index is -0.476. The maximum Gasteiger partial charge on any atom is 0.257 e. The Morgan fingerprint density at radius 2 is 2.23 bits per heavy atom. The van der Waals surface area contributed by atoms with Gasteiger partial charge in [-0.15, -0.1) is 0 Å². The van der Waals surface area contributed by atoms with Gasteiger partial charge in [-0.05, 0) is 43.9 Å². The van der Waals surface area contributed by atoms with Crippen molar-refractivity contribution in [3.05, 3.63) is 35.1 Å². The normalized spacial score (nSPS) is 28.9. The maximum atomic E-state index is 14.1. The highest BCUT2D eigenvalue weighted by Crippen LogP contribution is 2.31. The number of hydrogen-bond acceptors (Lipinski definition) is 3. The lowest BCUT2D eigenvalue weighted by atomic mass is 9.89. The molecule has 0 saturated carbocycles. The lowest BCUT2D eigenvalue weighted by molar-refractivity contribution is -0.0589. The third-order valence-corrected chi connectivity index (χ3v) is 4.77. The van der Waals surface area contributed by atoms with E-state index in [0.29, 0.717) is 26.2 Å². The van der Waals surface area contributed by atoms with E-state index in [0.717, 1.165) is 18.4 Å². The number of likely N-dealkylation sites (tertiary alicyclic amines) is 1. The molecule has 2 aliphatic heterocycles. The lowest BCUT2D eigenvalue weighted by Crippen LogP contribution is -2.48. The molecule has 120 valence electrons.